The van der Waals surface area contributed by atoms with Gasteiger partial charge in [-0.25, -0.2) is 0 Å². The van der Waals surface area contributed by atoms with E-state index >= 15 is 0 Å². The highest BCUT2D eigenvalue weighted by Gasteiger charge is 2.38. The molecule has 0 amide bonds. The van der Waals surface area contributed by atoms with Crippen LogP contribution < -0.4 is 0 Å². The first-order valence-corrected chi connectivity index (χ1v) is 6.32. The smallest absolute Gasteiger partial charge is 0.171 e. The lowest BCUT2D eigenvalue weighted by Crippen LogP contribution is -2.22. The maximum absolute atomic E-state index is 12.7. The van der Waals surface area contributed by atoms with Crippen LogP contribution in [0.5, 0.6) is 0 Å². The largest absolute Gasteiger partial charge is 0.391 e. The number of hydrogen-bond acceptors (Lipinski definition) is 0. The molecule has 16 heavy (non-hydrogen) atoms. The Kier molecular flexibility index (Phi) is 5.93. The van der Waals surface area contributed by atoms with Crippen LogP contribution in [0.15, 0.2) is 12.2 Å². The van der Waals surface area contributed by atoms with Crippen molar-refractivity contribution in [3.63, 3.8) is 0 Å². The fourth-order valence-electron chi connectivity index (χ4n) is 2.20. The summed E-state index contributed by atoms with van der Waals surface area (Å²) in [6.07, 6.45) is 7.19. The molecule has 1 rings (SSSR count). The van der Waals surface area contributed by atoms with Crippen LogP contribution in [0.3, 0.4) is 0 Å². The fourth-order valence-corrected chi connectivity index (χ4v) is 2.20. The molecule has 1 unspecified atom stereocenters. The van der Waals surface area contributed by atoms with E-state index in [1.165, 1.54) is 0 Å². The second kappa shape index (κ2) is 6.97. The van der Waals surface area contributed by atoms with Gasteiger partial charge in [0.2, 0.25) is 0 Å². The summed E-state index contributed by atoms with van der Waals surface area (Å²) in [6, 6.07) is 0. The SMILES string of the molecule is FC(F)(F)C1CCCC=CCCCCCC1. The molecule has 3 heteroatoms. The molecule has 94 valence electrons. The van der Waals surface area contributed by atoms with Crippen molar-refractivity contribution in [3.8, 4) is 0 Å². The molecule has 0 nitrogen and oxygen atoms in total. The lowest BCUT2D eigenvalue weighted by molar-refractivity contribution is -0.178. The summed E-state index contributed by atoms with van der Waals surface area (Å²) in [4.78, 5) is 0. The molecule has 0 aromatic carbocycles. The van der Waals surface area contributed by atoms with E-state index < -0.39 is 12.1 Å². The zero-order valence-electron chi connectivity index (χ0n) is 9.73. The Morgan fingerprint density at radius 2 is 1.31 bits per heavy atom. The second-order valence-corrected chi connectivity index (χ2v) is 4.63. The molecular weight excluding hydrogens is 213 g/mol. The van der Waals surface area contributed by atoms with E-state index in [0.717, 1.165) is 38.5 Å². The van der Waals surface area contributed by atoms with Gasteiger partial charge in [0.05, 0.1) is 5.92 Å². The number of alkyl halides is 3. The predicted molar refractivity (Wildman–Crippen MR) is 60.2 cm³/mol. The van der Waals surface area contributed by atoms with E-state index in [1.807, 2.05) is 6.08 Å². The first kappa shape index (κ1) is 13.6. The molecule has 0 saturated carbocycles. The topological polar surface area (TPSA) is 0 Å². The van der Waals surface area contributed by atoms with Gasteiger partial charge in [0.1, 0.15) is 0 Å². The molecule has 0 aliphatic heterocycles. The van der Waals surface area contributed by atoms with Crippen LogP contribution in [0.1, 0.15) is 57.8 Å². The number of hydrogen-bond donors (Lipinski definition) is 0. The monoisotopic (exact) mass is 234 g/mol. The summed E-state index contributed by atoms with van der Waals surface area (Å²) in [6.45, 7) is 0. The third kappa shape index (κ3) is 5.57. The summed E-state index contributed by atoms with van der Waals surface area (Å²) in [5.74, 6) is -1.07. The first-order chi connectivity index (χ1) is 7.61. The minimum atomic E-state index is -3.99. The molecule has 0 heterocycles. The van der Waals surface area contributed by atoms with Crippen LogP contribution in [-0.2, 0) is 0 Å². The lowest BCUT2D eigenvalue weighted by atomic mass is 9.94. The van der Waals surface area contributed by atoms with Gasteiger partial charge in [0.25, 0.3) is 0 Å². The van der Waals surface area contributed by atoms with Crippen molar-refractivity contribution < 1.29 is 13.2 Å². The third-order valence-corrected chi connectivity index (χ3v) is 3.23. The third-order valence-electron chi connectivity index (χ3n) is 3.23. The molecular formula is C13H21F3. The van der Waals surface area contributed by atoms with Gasteiger partial charge in [0, 0.05) is 0 Å². The molecule has 0 bridgehead atoms. The minimum absolute atomic E-state index is 0.299. The van der Waals surface area contributed by atoms with Gasteiger partial charge >= 0.3 is 6.18 Å². The Morgan fingerprint density at radius 3 is 2.00 bits per heavy atom. The summed E-state index contributed by atoms with van der Waals surface area (Å²) in [5, 5.41) is 0. The normalized spacial score (nSPS) is 25.8. The second-order valence-electron chi connectivity index (χ2n) is 4.63. The Balaban J connectivity index is 2.44. The van der Waals surface area contributed by atoms with Gasteiger partial charge in [-0.05, 0) is 38.5 Å². The molecule has 0 aromatic rings. The molecule has 1 aliphatic rings. The highest BCUT2D eigenvalue weighted by atomic mass is 19.4. The number of allylic oxidation sites excluding steroid dienone is 2. The van der Waals surface area contributed by atoms with E-state index in [-0.39, 0.29) is 0 Å². The maximum atomic E-state index is 12.7. The molecule has 0 fully saturated rings. The zero-order chi connectivity index (χ0) is 11.9. The summed E-state index contributed by atoms with van der Waals surface area (Å²) < 4.78 is 38.0. The van der Waals surface area contributed by atoms with Crippen molar-refractivity contribution in [2.75, 3.05) is 0 Å². The standard InChI is InChI=1S/C13H21F3/c14-13(15,16)12-10-8-6-4-2-1-3-5-7-9-11-12/h2,4,12H,1,3,5-11H2. The van der Waals surface area contributed by atoms with Crippen LogP contribution >= 0.6 is 0 Å². The quantitative estimate of drug-likeness (QED) is 0.502. The average Bonchev–Trinajstić information content (AvgIpc) is 2.16. The van der Waals surface area contributed by atoms with Crippen LogP contribution in [0.4, 0.5) is 13.2 Å². The fraction of sp³-hybridized carbons (Fsp3) is 0.846. The van der Waals surface area contributed by atoms with Crippen molar-refractivity contribution in [1.82, 2.24) is 0 Å². The van der Waals surface area contributed by atoms with Crippen molar-refractivity contribution >= 4 is 0 Å². The average molecular weight is 234 g/mol. The Hall–Kier alpha value is -0.470. The van der Waals surface area contributed by atoms with Crippen molar-refractivity contribution in [1.29, 1.82) is 0 Å². The van der Waals surface area contributed by atoms with E-state index in [4.69, 9.17) is 0 Å². The van der Waals surface area contributed by atoms with Gasteiger partial charge in [-0.3, -0.25) is 0 Å². The van der Waals surface area contributed by atoms with E-state index in [2.05, 4.69) is 6.08 Å². The van der Waals surface area contributed by atoms with E-state index in [9.17, 15) is 13.2 Å². The van der Waals surface area contributed by atoms with Gasteiger partial charge in [-0.15, -0.1) is 0 Å². The zero-order valence-corrected chi connectivity index (χ0v) is 9.73. The Morgan fingerprint density at radius 1 is 0.750 bits per heavy atom. The van der Waals surface area contributed by atoms with Crippen LogP contribution in [-0.4, -0.2) is 6.18 Å². The minimum Gasteiger partial charge on any atom is -0.171 e. The highest BCUT2D eigenvalue weighted by molar-refractivity contribution is 4.82. The van der Waals surface area contributed by atoms with Crippen LogP contribution in [0.2, 0.25) is 0 Å². The lowest BCUT2D eigenvalue weighted by Gasteiger charge is -2.20. The van der Waals surface area contributed by atoms with Crippen molar-refractivity contribution in [2.24, 2.45) is 5.92 Å². The predicted octanol–water partition coefficient (Wildman–Crippen LogP) is 5.25. The van der Waals surface area contributed by atoms with Gasteiger partial charge < -0.3 is 0 Å². The first-order valence-electron chi connectivity index (χ1n) is 6.32. The molecule has 0 spiro atoms. The molecule has 1 atom stereocenters. The summed E-state index contributed by atoms with van der Waals surface area (Å²) in [5.41, 5.74) is 0. The van der Waals surface area contributed by atoms with Crippen LogP contribution in [0.25, 0.3) is 0 Å². The molecule has 1 aliphatic carbocycles. The van der Waals surface area contributed by atoms with Gasteiger partial charge in [-0.2, -0.15) is 13.2 Å². The molecule has 0 aromatic heterocycles. The number of rotatable bonds is 0. The molecule has 0 radical (unpaired) electrons. The summed E-state index contributed by atoms with van der Waals surface area (Å²) in [7, 11) is 0. The molecule has 0 N–H and O–H groups in total. The Labute approximate surface area is 95.9 Å². The highest BCUT2D eigenvalue weighted by Crippen LogP contribution is 2.34. The number of halogens is 3. The van der Waals surface area contributed by atoms with E-state index in [1.54, 1.807) is 0 Å². The summed E-state index contributed by atoms with van der Waals surface area (Å²) >= 11 is 0. The van der Waals surface area contributed by atoms with E-state index in [0.29, 0.717) is 19.3 Å². The molecule has 0 saturated heterocycles. The van der Waals surface area contributed by atoms with Crippen LogP contribution in [0, 0.1) is 5.92 Å². The van der Waals surface area contributed by atoms with Crippen molar-refractivity contribution in [3.05, 3.63) is 12.2 Å². The van der Waals surface area contributed by atoms with Crippen molar-refractivity contribution in [2.45, 2.75) is 64.0 Å². The van der Waals surface area contributed by atoms with Gasteiger partial charge in [-0.1, -0.05) is 31.4 Å². The van der Waals surface area contributed by atoms with Gasteiger partial charge in [0.15, 0.2) is 0 Å². The maximum Gasteiger partial charge on any atom is 0.391 e. The Bertz CT molecular complexity index is 206.